The van der Waals surface area contributed by atoms with Gasteiger partial charge in [0.15, 0.2) is 0 Å². The summed E-state index contributed by atoms with van der Waals surface area (Å²) >= 11 is 1.65. The molecule has 3 aromatic rings. The maximum atomic E-state index is 6.10. The van der Waals surface area contributed by atoms with Crippen LogP contribution >= 0.6 is 11.3 Å². The van der Waals surface area contributed by atoms with Gasteiger partial charge in [-0.2, -0.15) is 0 Å². The molecule has 0 fully saturated rings. The van der Waals surface area contributed by atoms with E-state index in [0.29, 0.717) is 12.3 Å². The first-order valence-corrected chi connectivity index (χ1v) is 8.04. The normalized spacial score (nSPS) is 10.6. The fourth-order valence-electron chi connectivity index (χ4n) is 2.20. The van der Waals surface area contributed by atoms with Gasteiger partial charge in [-0.15, -0.1) is 11.3 Å². The third-order valence-electron chi connectivity index (χ3n) is 3.43. The minimum absolute atomic E-state index is 0.524. The first-order valence-electron chi connectivity index (χ1n) is 7.16. The van der Waals surface area contributed by atoms with Crippen molar-refractivity contribution >= 4 is 17.0 Å². The van der Waals surface area contributed by atoms with E-state index in [9.17, 15) is 0 Å². The minimum Gasteiger partial charge on any atom is -0.487 e. The summed E-state index contributed by atoms with van der Waals surface area (Å²) in [4.78, 5) is 4.29. The smallest absolute Gasteiger partial charge is 0.142 e. The largest absolute Gasteiger partial charge is 0.487 e. The van der Waals surface area contributed by atoms with Gasteiger partial charge in [0.1, 0.15) is 12.4 Å². The second-order valence-corrected chi connectivity index (χ2v) is 6.23. The Hall–Kier alpha value is -2.33. The summed E-state index contributed by atoms with van der Waals surface area (Å²) in [6.07, 6.45) is 2.63. The van der Waals surface area contributed by atoms with Crippen molar-refractivity contribution < 1.29 is 4.74 Å². The van der Waals surface area contributed by atoms with Crippen molar-refractivity contribution in [1.82, 2.24) is 4.98 Å². The van der Waals surface area contributed by atoms with Crippen molar-refractivity contribution in [3.05, 3.63) is 75.7 Å². The fourth-order valence-corrected chi connectivity index (χ4v) is 2.85. The summed E-state index contributed by atoms with van der Waals surface area (Å²) in [6.45, 7) is 2.60. The molecule has 2 aromatic carbocycles. The van der Waals surface area contributed by atoms with Crippen molar-refractivity contribution in [3.8, 4) is 5.75 Å². The first-order chi connectivity index (χ1) is 10.7. The highest BCUT2D eigenvalue weighted by Gasteiger charge is 2.05. The molecule has 2 N–H and O–H groups in total. The molecule has 0 saturated heterocycles. The summed E-state index contributed by atoms with van der Waals surface area (Å²) in [5.41, 5.74) is 10.3. The number of hydrogen-bond acceptors (Lipinski definition) is 4. The molecule has 0 unspecified atom stereocenters. The van der Waals surface area contributed by atoms with Crippen LogP contribution in [-0.2, 0) is 13.0 Å². The van der Waals surface area contributed by atoms with Gasteiger partial charge in [0.25, 0.3) is 0 Å². The van der Waals surface area contributed by atoms with E-state index in [-0.39, 0.29) is 0 Å². The average Bonchev–Trinajstić information content (AvgIpc) is 3.01. The summed E-state index contributed by atoms with van der Waals surface area (Å²) in [5.74, 6) is 0.725. The van der Waals surface area contributed by atoms with Crippen molar-refractivity contribution in [2.45, 2.75) is 20.0 Å². The zero-order chi connectivity index (χ0) is 15.4. The van der Waals surface area contributed by atoms with E-state index in [0.717, 1.165) is 28.3 Å². The van der Waals surface area contributed by atoms with Gasteiger partial charge in [0.05, 0.1) is 10.7 Å². The van der Waals surface area contributed by atoms with Crippen molar-refractivity contribution in [2.75, 3.05) is 5.73 Å². The molecule has 0 aliphatic heterocycles. The molecular formula is C18H18N2OS. The number of thiazole rings is 1. The van der Waals surface area contributed by atoms with Crippen LogP contribution in [0.25, 0.3) is 0 Å². The summed E-state index contributed by atoms with van der Waals surface area (Å²) in [5, 5.41) is 3.07. The number of aromatic nitrogens is 1. The third kappa shape index (κ3) is 3.65. The monoisotopic (exact) mass is 310 g/mol. The maximum absolute atomic E-state index is 6.10. The number of nitrogens with zero attached hydrogens (tertiary/aromatic N) is 1. The lowest BCUT2D eigenvalue weighted by Gasteiger charge is -2.10. The molecule has 1 aromatic heterocycles. The van der Waals surface area contributed by atoms with E-state index in [1.54, 1.807) is 11.3 Å². The van der Waals surface area contributed by atoms with Gasteiger partial charge in [-0.25, -0.2) is 4.98 Å². The summed E-state index contributed by atoms with van der Waals surface area (Å²) in [7, 11) is 0. The number of nitrogen functional groups attached to an aromatic ring is 1. The molecule has 0 spiro atoms. The molecular weight excluding hydrogens is 292 g/mol. The third-order valence-corrected chi connectivity index (χ3v) is 4.21. The standard InChI is InChI=1S/C18H18N2OS/c1-13-2-4-14(5-3-13)12-21-17-7-6-15(10-16(17)19)11-18-20-8-9-22-18/h2-10H,11-12,19H2,1H3. The maximum Gasteiger partial charge on any atom is 0.142 e. The topological polar surface area (TPSA) is 48.1 Å². The number of aryl methyl sites for hydroxylation is 1. The Morgan fingerprint density at radius 2 is 1.86 bits per heavy atom. The van der Waals surface area contributed by atoms with Gasteiger partial charge >= 0.3 is 0 Å². The molecule has 0 aliphatic rings. The molecule has 0 radical (unpaired) electrons. The zero-order valence-electron chi connectivity index (χ0n) is 12.5. The SMILES string of the molecule is Cc1ccc(COc2ccc(Cc3nccs3)cc2N)cc1. The van der Waals surface area contributed by atoms with E-state index in [4.69, 9.17) is 10.5 Å². The first kappa shape index (κ1) is 14.6. The molecule has 0 atom stereocenters. The Morgan fingerprint density at radius 3 is 2.55 bits per heavy atom. The van der Waals surface area contributed by atoms with E-state index in [1.165, 1.54) is 5.56 Å². The quantitative estimate of drug-likeness (QED) is 0.718. The fraction of sp³-hybridized carbons (Fsp3) is 0.167. The van der Waals surface area contributed by atoms with Crippen LogP contribution in [0.15, 0.2) is 54.0 Å². The molecule has 0 aliphatic carbocycles. The average molecular weight is 310 g/mol. The number of rotatable bonds is 5. The molecule has 3 nitrogen and oxygen atoms in total. The number of ether oxygens (including phenoxy) is 1. The van der Waals surface area contributed by atoms with E-state index < -0.39 is 0 Å². The van der Waals surface area contributed by atoms with Crippen LogP contribution in [0.3, 0.4) is 0 Å². The Balaban J connectivity index is 1.65. The highest BCUT2D eigenvalue weighted by molar-refractivity contribution is 7.09. The van der Waals surface area contributed by atoms with Crippen LogP contribution in [0, 0.1) is 6.92 Å². The molecule has 3 rings (SSSR count). The Labute approximate surface area is 134 Å². The highest BCUT2D eigenvalue weighted by atomic mass is 32.1. The molecule has 0 saturated carbocycles. The molecule has 0 amide bonds. The van der Waals surface area contributed by atoms with Crippen LogP contribution in [-0.4, -0.2) is 4.98 Å². The molecule has 22 heavy (non-hydrogen) atoms. The van der Waals surface area contributed by atoms with Crippen LogP contribution in [0.1, 0.15) is 21.7 Å². The van der Waals surface area contributed by atoms with E-state index in [2.05, 4.69) is 36.2 Å². The van der Waals surface area contributed by atoms with Gasteiger partial charge < -0.3 is 10.5 Å². The number of anilines is 1. The van der Waals surface area contributed by atoms with Crippen molar-refractivity contribution in [3.63, 3.8) is 0 Å². The lowest BCUT2D eigenvalue weighted by atomic mass is 10.1. The lowest BCUT2D eigenvalue weighted by Crippen LogP contribution is -2.00. The zero-order valence-corrected chi connectivity index (χ0v) is 13.3. The Kier molecular flexibility index (Phi) is 4.39. The van der Waals surface area contributed by atoms with Crippen LogP contribution in [0.5, 0.6) is 5.75 Å². The number of nitrogens with two attached hydrogens (primary N) is 1. The second-order valence-electron chi connectivity index (χ2n) is 5.25. The highest BCUT2D eigenvalue weighted by Crippen LogP contribution is 2.25. The predicted molar refractivity (Wildman–Crippen MR) is 91.3 cm³/mol. The van der Waals surface area contributed by atoms with Gasteiger partial charge in [0.2, 0.25) is 0 Å². The summed E-state index contributed by atoms with van der Waals surface area (Å²) in [6, 6.07) is 14.3. The van der Waals surface area contributed by atoms with Gasteiger partial charge in [-0.1, -0.05) is 35.9 Å². The summed E-state index contributed by atoms with van der Waals surface area (Å²) < 4.78 is 5.81. The molecule has 0 bridgehead atoms. The lowest BCUT2D eigenvalue weighted by molar-refractivity contribution is 0.308. The van der Waals surface area contributed by atoms with Crippen LogP contribution in [0.2, 0.25) is 0 Å². The molecule has 112 valence electrons. The minimum atomic E-state index is 0.524. The number of benzene rings is 2. The molecule has 4 heteroatoms. The van der Waals surface area contributed by atoms with Gasteiger partial charge in [0, 0.05) is 18.0 Å². The van der Waals surface area contributed by atoms with E-state index in [1.807, 2.05) is 29.8 Å². The van der Waals surface area contributed by atoms with Crippen LogP contribution in [0.4, 0.5) is 5.69 Å². The number of hydrogen-bond donors (Lipinski definition) is 1. The Bertz CT molecular complexity index is 736. The van der Waals surface area contributed by atoms with Crippen molar-refractivity contribution in [1.29, 1.82) is 0 Å². The Morgan fingerprint density at radius 1 is 1.09 bits per heavy atom. The van der Waals surface area contributed by atoms with E-state index >= 15 is 0 Å². The van der Waals surface area contributed by atoms with Gasteiger partial charge in [-0.05, 0) is 30.2 Å². The second kappa shape index (κ2) is 6.62. The van der Waals surface area contributed by atoms with Crippen LogP contribution < -0.4 is 10.5 Å². The predicted octanol–water partition coefficient (Wildman–Crippen LogP) is 4.20. The van der Waals surface area contributed by atoms with Gasteiger partial charge in [-0.3, -0.25) is 0 Å². The molecule has 1 heterocycles. The van der Waals surface area contributed by atoms with Crippen molar-refractivity contribution in [2.24, 2.45) is 0 Å².